The summed E-state index contributed by atoms with van der Waals surface area (Å²) in [5, 5.41) is 3.58. The van der Waals surface area contributed by atoms with Crippen molar-refractivity contribution in [2.24, 2.45) is 5.92 Å². The standard InChI is InChI=1S/C18H17F3N4O2/c19-18(20,21)8-15(26)25-6-4-11(9-25)13-7-14(24-17(27)10-1-2-10)23-16-12(13)3-5-22-16/h3-5,7,10H,1-2,6,8-9H2,(H2,22,23,24,27). The lowest BCUT2D eigenvalue weighted by Crippen LogP contribution is -2.32. The third-order valence-electron chi connectivity index (χ3n) is 4.70. The van der Waals surface area contributed by atoms with Gasteiger partial charge < -0.3 is 15.2 Å². The van der Waals surface area contributed by atoms with E-state index < -0.39 is 18.5 Å². The van der Waals surface area contributed by atoms with Gasteiger partial charge in [-0.05, 0) is 36.1 Å². The molecule has 27 heavy (non-hydrogen) atoms. The van der Waals surface area contributed by atoms with Crippen LogP contribution in [0.4, 0.5) is 19.0 Å². The number of nitrogens with one attached hydrogen (secondary N) is 2. The van der Waals surface area contributed by atoms with Crippen LogP contribution in [0.3, 0.4) is 0 Å². The van der Waals surface area contributed by atoms with Gasteiger partial charge in [-0.3, -0.25) is 9.59 Å². The summed E-state index contributed by atoms with van der Waals surface area (Å²) < 4.78 is 37.4. The van der Waals surface area contributed by atoms with Crippen LogP contribution < -0.4 is 5.32 Å². The molecule has 2 amide bonds. The number of hydrogen-bond donors (Lipinski definition) is 2. The van der Waals surface area contributed by atoms with E-state index in [0.717, 1.165) is 29.4 Å². The molecule has 142 valence electrons. The van der Waals surface area contributed by atoms with Crippen molar-refractivity contribution in [1.82, 2.24) is 14.9 Å². The molecule has 2 aliphatic rings. The monoisotopic (exact) mass is 378 g/mol. The van der Waals surface area contributed by atoms with Crippen LogP contribution in [0.1, 0.15) is 24.8 Å². The molecule has 1 fully saturated rings. The van der Waals surface area contributed by atoms with Gasteiger partial charge in [-0.1, -0.05) is 6.08 Å². The maximum atomic E-state index is 12.5. The molecule has 9 heteroatoms. The molecule has 4 rings (SSSR count). The number of pyridine rings is 1. The summed E-state index contributed by atoms with van der Waals surface area (Å²) in [5.74, 6) is -0.620. The number of carbonyl (C=O) groups is 2. The van der Waals surface area contributed by atoms with Gasteiger partial charge in [0.15, 0.2) is 0 Å². The third kappa shape index (κ3) is 3.81. The normalized spacial score (nSPS) is 17.3. The molecule has 6 nitrogen and oxygen atoms in total. The molecule has 0 saturated heterocycles. The second-order valence-corrected chi connectivity index (χ2v) is 6.85. The number of amides is 2. The van der Waals surface area contributed by atoms with Gasteiger partial charge in [-0.25, -0.2) is 4.98 Å². The first-order valence-electron chi connectivity index (χ1n) is 8.63. The Morgan fingerprint density at radius 1 is 1.33 bits per heavy atom. The summed E-state index contributed by atoms with van der Waals surface area (Å²) in [4.78, 5) is 32.4. The van der Waals surface area contributed by atoms with Crippen molar-refractivity contribution < 1.29 is 22.8 Å². The summed E-state index contributed by atoms with van der Waals surface area (Å²) >= 11 is 0. The fourth-order valence-corrected chi connectivity index (χ4v) is 3.16. The van der Waals surface area contributed by atoms with Gasteiger partial charge in [-0.15, -0.1) is 0 Å². The molecule has 0 spiro atoms. The number of carbonyl (C=O) groups excluding carboxylic acids is 2. The number of fused-ring (bicyclic) bond motifs is 1. The lowest BCUT2D eigenvalue weighted by atomic mass is 10.0. The predicted octanol–water partition coefficient (Wildman–Crippen LogP) is 3.09. The van der Waals surface area contributed by atoms with Crippen LogP contribution in [0, 0.1) is 5.92 Å². The maximum Gasteiger partial charge on any atom is 0.397 e. The molecule has 0 atom stereocenters. The van der Waals surface area contributed by atoms with Crippen molar-refractivity contribution in [2.75, 3.05) is 18.4 Å². The van der Waals surface area contributed by atoms with E-state index in [1.54, 1.807) is 18.3 Å². The Morgan fingerprint density at radius 3 is 2.81 bits per heavy atom. The first kappa shape index (κ1) is 17.6. The minimum atomic E-state index is -4.52. The first-order valence-corrected chi connectivity index (χ1v) is 8.63. The Hall–Kier alpha value is -2.84. The molecular weight excluding hydrogens is 361 g/mol. The zero-order valence-corrected chi connectivity index (χ0v) is 14.3. The fraction of sp³-hybridized carbons (Fsp3) is 0.389. The lowest BCUT2D eigenvalue weighted by molar-refractivity contribution is -0.160. The van der Waals surface area contributed by atoms with Crippen LogP contribution in [0.5, 0.6) is 0 Å². The van der Waals surface area contributed by atoms with Crippen LogP contribution in [0.15, 0.2) is 24.4 Å². The molecule has 0 unspecified atom stereocenters. The van der Waals surface area contributed by atoms with Crippen LogP contribution in [-0.4, -0.2) is 45.9 Å². The van der Waals surface area contributed by atoms with Crippen LogP contribution >= 0.6 is 0 Å². The summed E-state index contributed by atoms with van der Waals surface area (Å²) in [6.07, 6.45) is -0.814. The predicted molar refractivity (Wildman–Crippen MR) is 92.7 cm³/mol. The fourth-order valence-electron chi connectivity index (χ4n) is 3.16. The van der Waals surface area contributed by atoms with Gasteiger partial charge >= 0.3 is 6.18 Å². The SMILES string of the molecule is O=C(Nc1cc(C2=CCN(C(=O)CC(F)(F)F)C2)c2cc[nH]c2n1)C1CC1. The van der Waals surface area contributed by atoms with E-state index in [9.17, 15) is 22.8 Å². The number of nitrogens with zero attached hydrogens (tertiary/aromatic N) is 2. The lowest BCUT2D eigenvalue weighted by Gasteiger charge is -2.18. The molecule has 0 radical (unpaired) electrons. The number of H-pyrrole nitrogens is 1. The van der Waals surface area contributed by atoms with Gasteiger partial charge in [0.25, 0.3) is 0 Å². The number of anilines is 1. The Balaban J connectivity index is 1.57. The zero-order valence-electron chi connectivity index (χ0n) is 14.3. The van der Waals surface area contributed by atoms with E-state index in [0.29, 0.717) is 11.5 Å². The van der Waals surface area contributed by atoms with Crippen LogP contribution in [-0.2, 0) is 9.59 Å². The highest BCUT2D eigenvalue weighted by Crippen LogP contribution is 2.33. The Labute approximate surface area is 152 Å². The molecule has 1 saturated carbocycles. The zero-order chi connectivity index (χ0) is 19.2. The van der Waals surface area contributed by atoms with Crippen molar-refractivity contribution in [1.29, 1.82) is 0 Å². The number of rotatable bonds is 4. The van der Waals surface area contributed by atoms with E-state index in [1.165, 1.54) is 4.90 Å². The first-order chi connectivity index (χ1) is 12.8. The molecule has 2 N–H and O–H groups in total. The minimum Gasteiger partial charge on any atom is -0.346 e. The molecule has 0 bridgehead atoms. The van der Waals surface area contributed by atoms with Crippen molar-refractivity contribution in [2.45, 2.75) is 25.4 Å². The molecule has 1 aliphatic heterocycles. The summed E-state index contributed by atoms with van der Waals surface area (Å²) in [6, 6.07) is 3.52. The summed E-state index contributed by atoms with van der Waals surface area (Å²) in [5.41, 5.74) is 2.05. The highest BCUT2D eigenvalue weighted by molar-refractivity contribution is 5.98. The second-order valence-electron chi connectivity index (χ2n) is 6.85. The van der Waals surface area contributed by atoms with E-state index in [-0.39, 0.29) is 24.9 Å². The van der Waals surface area contributed by atoms with Gasteiger partial charge in [0.05, 0.1) is 0 Å². The summed E-state index contributed by atoms with van der Waals surface area (Å²) in [6.45, 7) is 0.220. The Morgan fingerprint density at radius 2 is 2.11 bits per heavy atom. The Kier molecular flexibility index (Phi) is 4.16. The number of halogens is 3. The maximum absolute atomic E-state index is 12.5. The molecule has 3 heterocycles. The number of aromatic amines is 1. The highest BCUT2D eigenvalue weighted by atomic mass is 19.4. The van der Waals surface area contributed by atoms with Crippen molar-refractivity contribution in [3.8, 4) is 0 Å². The average Bonchev–Trinajstić information content (AvgIpc) is 3.13. The summed E-state index contributed by atoms with van der Waals surface area (Å²) in [7, 11) is 0. The van der Waals surface area contributed by atoms with E-state index in [2.05, 4.69) is 15.3 Å². The van der Waals surface area contributed by atoms with Crippen molar-refractivity contribution in [3.63, 3.8) is 0 Å². The van der Waals surface area contributed by atoms with Crippen LogP contribution in [0.2, 0.25) is 0 Å². The molecule has 1 aliphatic carbocycles. The molecule has 2 aromatic rings. The van der Waals surface area contributed by atoms with Crippen molar-refractivity contribution >= 4 is 34.2 Å². The average molecular weight is 378 g/mol. The molecule has 2 aromatic heterocycles. The van der Waals surface area contributed by atoms with E-state index in [4.69, 9.17) is 0 Å². The van der Waals surface area contributed by atoms with Crippen LogP contribution in [0.25, 0.3) is 16.6 Å². The van der Waals surface area contributed by atoms with E-state index in [1.807, 2.05) is 6.07 Å². The van der Waals surface area contributed by atoms with Crippen molar-refractivity contribution in [3.05, 3.63) is 30.0 Å². The van der Waals surface area contributed by atoms with Gasteiger partial charge in [0, 0.05) is 30.6 Å². The molecule has 0 aromatic carbocycles. The highest BCUT2D eigenvalue weighted by Gasteiger charge is 2.35. The Bertz CT molecular complexity index is 944. The quantitative estimate of drug-likeness (QED) is 0.858. The minimum absolute atomic E-state index is 0.0239. The van der Waals surface area contributed by atoms with Gasteiger partial charge in [-0.2, -0.15) is 13.2 Å². The largest absolute Gasteiger partial charge is 0.397 e. The van der Waals surface area contributed by atoms with Gasteiger partial charge in [0.2, 0.25) is 11.8 Å². The number of alkyl halides is 3. The third-order valence-corrected chi connectivity index (χ3v) is 4.70. The second kappa shape index (κ2) is 6.40. The number of hydrogen-bond acceptors (Lipinski definition) is 3. The topological polar surface area (TPSA) is 78.1 Å². The molecular formula is C18H17F3N4O2. The van der Waals surface area contributed by atoms with Gasteiger partial charge in [0.1, 0.15) is 17.9 Å². The smallest absolute Gasteiger partial charge is 0.346 e. The van der Waals surface area contributed by atoms with E-state index >= 15 is 0 Å². The number of aromatic nitrogens is 2.